The first kappa shape index (κ1) is 20.1. The third-order valence-electron chi connectivity index (χ3n) is 6.32. The second-order valence-electron chi connectivity index (χ2n) is 8.27. The molecule has 32 heavy (non-hydrogen) atoms. The van der Waals surface area contributed by atoms with Crippen LogP contribution in [0.5, 0.6) is 6.01 Å². The molecule has 2 aromatic carbocycles. The van der Waals surface area contributed by atoms with Gasteiger partial charge in [-0.2, -0.15) is 10.2 Å². The van der Waals surface area contributed by atoms with E-state index in [1.807, 2.05) is 23.6 Å². The number of ether oxygens (including phenoxy) is 1. The van der Waals surface area contributed by atoms with Crippen LogP contribution in [0.25, 0.3) is 16.9 Å². The van der Waals surface area contributed by atoms with E-state index in [1.165, 1.54) is 11.1 Å². The highest BCUT2D eigenvalue weighted by molar-refractivity contribution is 5.81. The average Bonchev–Trinajstić information content (AvgIpc) is 3.07. The Balaban J connectivity index is 1.75. The summed E-state index contributed by atoms with van der Waals surface area (Å²) in [5.74, 6) is 0. The van der Waals surface area contributed by atoms with E-state index >= 15 is 0 Å². The van der Waals surface area contributed by atoms with Gasteiger partial charge in [0.2, 0.25) is 0 Å². The van der Waals surface area contributed by atoms with E-state index < -0.39 is 0 Å². The summed E-state index contributed by atoms with van der Waals surface area (Å²) in [4.78, 5) is 11.6. The van der Waals surface area contributed by atoms with Gasteiger partial charge in [0.15, 0.2) is 5.65 Å². The number of fused-ring (bicyclic) bond motifs is 3. The lowest BCUT2D eigenvalue weighted by atomic mass is 9.98. The predicted molar refractivity (Wildman–Crippen MR) is 126 cm³/mol. The topological polar surface area (TPSA) is 67.0 Å². The van der Waals surface area contributed by atoms with Crippen LogP contribution in [0.2, 0.25) is 0 Å². The minimum absolute atomic E-state index is 0.306. The van der Waals surface area contributed by atoms with Gasteiger partial charge < -0.3 is 9.64 Å². The molecule has 0 saturated heterocycles. The molecule has 0 N–H and O–H groups in total. The molecule has 0 atom stereocenters. The Bertz CT molecular complexity index is 1400. The average molecular weight is 424 g/mol. The van der Waals surface area contributed by atoms with Crippen molar-refractivity contribution in [2.75, 3.05) is 18.6 Å². The van der Waals surface area contributed by atoms with Gasteiger partial charge in [-0.05, 0) is 80.1 Å². The van der Waals surface area contributed by atoms with E-state index in [4.69, 9.17) is 14.7 Å². The van der Waals surface area contributed by atoms with Crippen molar-refractivity contribution >= 4 is 22.5 Å². The highest BCUT2D eigenvalue weighted by Crippen LogP contribution is 2.40. The largest absolute Gasteiger partial charge is 0.468 e. The maximum atomic E-state index is 9.55. The third kappa shape index (κ3) is 3.01. The van der Waals surface area contributed by atoms with E-state index in [2.05, 4.69) is 55.1 Å². The Kier molecular flexibility index (Phi) is 4.82. The Morgan fingerprint density at radius 3 is 2.56 bits per heavy atom. The number of aromatic nitrogens is 3. The molecule has 0 saturated carbocycles. The van der Waals surface area contributed by atoms with Crippen LogP contribution < -0.4 is 9.64 Å². The van der Waals surface area contributed by atoms with Gasteiger partial charge in [-0.15, -0.1) is 0 Å². The molecular formula is C26H25N5O. The first-order valence-electron chi connectivity index (χ1n) is 10.8. The maximum absolute atomic E-state index is 9.55. The normalized spacial score (nSPS) is 12.8. The van der Waals surface area contributed by atoms with Crippen molar-refractivity contribution in [1.29, 1.82) is 5.26 Å². The standard InChI is InChI=1S/C26H25N5O/c1-16-15-17(2)28-25-24(16)29-26(32-4)31(25)21-11-12-23-20(18(21)3)10-9-19-7-5-6-8-22(19)30(23)14-13-27/h5-8,11-12,15H,9-10,14H2,1-4H3. The fourth-order valence-electron chi connectivity index (χ4n) is 4.85. The number of pyridine rings is 1. The van der Waals surface area contributed by atoms with Gasteiger partial charge in [0.05, 0.1) is 18.9 Å². The molecule has 0 fully saturated rings. The molecule has 2 aromatic heterocycles. The van der Waals surface area contributed by atoms with Crippen LogP contribution in [0.4, 0.5) is 11.4 Å². The SMILES string of the molecule is COc1nc2c(C)cc(C)nc2n1-c1ccc2c(c1C)CCc1ccccc1N2CC#N. The number of benzene rings is 2. The van der Waals surface area contributed by atoms with Crippen LogP contribution in [-0.2, 0) is 12.8 Å². The smallest absolute Gasteiger partial charge is 0.303 e. The van der Waals surface area contributed by atoms with E-state index in [0.29, 0.717) is 12.6 Å². The lowest BCUT2D eigenvalue weighted by Gasteiger charge is -2.26. The van der Waals surface area contributed by atoms with Gasteiger partial charge in [-0.25, -0.2) is 9.55 Å². The molecule has 1 aliphatic heterocycles. The summed E-state index contributed by atoms with van der Waals surface area (Å²) in [5.41, 5.74) is 10.5. The molecular weight excluding hydrogens is 398 g/mol. The Labute approximate surface area is 187 Å². The van der Waals surface area contributed by atoms with Crippen LogP contribution in [0.15, 0.2) is 42.5 Å². The molecule has 4 aromatic rings. The molecule has 0 amide bonds. The Hall–Kier alpha value is -3.85. The minimum Gasteiger partial charge on any atom is -0.468 e. The van der Waals surface area contributed by atoms with Gasteiger partial charge in [0.1, 0.15) is 12.1 Å². The predicted octanol–water partition coefficient (Wildman–Crippen LogP) is 5.11. The van der Waals surface area contributed by atoms with Crippen LogP contribution in [0.1, 0.15) is 27.9 Å². The minimum atomic E-state index is 0.306. The zero-order chi connectivity index (χ0) is 22.4. The van der Waals surface area contributed by atoms with Crippen molar-refractivity contribution in [2.45, 2.75) is 33.6 Å². The molecule has 0 bridgehead atoms. The summed E-state index contributed by atoms with van der Waals surface area (Å²) in [7, 11) is 1.64. The summed E-state index contributed by atoms with van der Waals surface area (Å²) in [5, 5.41) is 9.55. The number of imidazole rings is 1. The number of aryl methyl sites for hydroxylation is 3. The fraction of sp³-hybridized carbons (Fsp3) is 0.269. The molecule has 0 spiro atoms. The number of methoxy groups -OCH3 is 1. The fourth-order valence-corrected chi connectivity index (χ4v) is 4.85. The highest BCUT2D eigenvalue weighted by Gasteiger charge is 2.25. The number of para-hydroxylation sites is 1. The van der Waals surface area contributed by atoms with Crippen LogP contribution in [0, 0.1) is 32.1 Å². The summed E-state index contributed by atoms with van der Waals surface area (Å²) in [6.07, 6.45) is 1.82. The number of nitrogens with zero attached hydrogens (tertiary/aromatic N) is 5. The summed E-state index contributed by atoms with van der Waals surface area (Å²) in [6.45, 7) is 6.49. The molecule has 6 nitrogen and oxygen atoms in total. The van der Waals surface area contributed by atoms with Gasteiger partial charge in [-0.1, -0.05) is 18.2 Å². The summed E-state index contributed by atoms with van der Waals surface area (Å²) < 4.78 is 7.68. The van der Waals surface area contributed by atoms with Crippen LogP contribution in [-0.4, -0.2) is 28.2 Å². The third-order valence-corrected chi connectivity index (χ3v) is 6.32. The number of rotatable bonds is 3. The zero-order valence-corrected chi connectivity index (χ0v) is 18.8. The molecule has 0 aliphatic carbocycles. The van der Waals surface area contributed by atoms with Gasteiger partial charge in [-0.3, -0.25) is 0 Å². The number of hydrogen-bond acceptors (Lipinski definition) is 5. The van der Waals surface area contributed by atoms with Gasteiger partial charge in [0, 0.05) is 17.1 Å². The van der Waals surface area contributed by atoms with Crippen LogP contribution >= 0.6 is 0 Å². The monoisotopic (exact) mass is 423 g/mol. The summed E-state index contributed by atoms with van der Waals surface area (Å²) in [6, 6.07) is 17.5. The Morgan fingerprint density at radius 2 is 1.78 bits per heavy atom. The number of anilines is 2. The zero-order valence-electron chi connectivity index (χ0n) is 18.8. The molecule has 0 unspecified atom stereocenters. The van der Waals surface area contributed by atoms with Crippen molar-refractivity contribution in [3.63, 3.8) is 0 Å². The lowest BCUT2D eigenvalue weighted by molar-refractivity contribution is 0.375. The van der Waals surface area contributed by atoms with E-state index in [9.17, 15) is 5.26 Å². The molecule has 5 rings (SSSR count). The van der Waals surface area contributed by atoms with Gasteiger partial charge >= 0.3 is 6.01 Å². The highest BCUT2D eigenvalue weighted by atomic mass is 16.5. The second kappa shape index (κ2) is 7.69. The molecule has 3 heterocycles. The lowest BCUT2D eigenvalue weighted by Crippen LogP contribution is -2.19. The van der Waals surface area contributed by atoms with E-state index in [-0.39, 0.29) is 0 Å². The van der Waals surface area contributed by atoms with Crippen molar-refractivity contribution in [3.8, 4) is 17.8 Å². The van der Waals surface area contributed by atoms with Crippen molar-refractivity contribution in [1.82, 2.24) is 14.5 Å². The van der Waals surface area contributed by atoms with Gasteiger partial charge in [0.25, 0.3) is 0 Å². The van der Waals surface area contributed by atoms with E-state index in [0.717, 1.165) is 57.9 Å². The summed E-state index contributed by atoms with van der Waals surface area (Å²) >= 11 is 0. The van der Waals surface area contributed by atoms with Crippen molar-refractivity contribution in [2.24, 2.45) is 0 Å². The first-order valence-corrected chi connectivity index (χ1v) is 10.8. The van der Waals surface area contributed by atoms with Crippen molar-refractivity contribution < 1.29 is 4.74 Å². The Morgan fingerprint density at radius 1 is 1.00 bits per heavy atom. The molecule has 1 aliphatic rings. The second-order valence-corrected chi connectivity index (χ2v) is 8.27. The molecule has 160 valence electrons. The van der Waals surface area contributed by atoms with Crippen LogP contribution in [0.3, 0.4) is 0 Å². The number of nitriles is 1. The van der Waals surface area contributed by atoms with Crippen molar-refractivity contribution in [3.05, 3.63) is 70.4 Å². The first-order chi connectivity index (χ1) is 15.5. The van der Waals surface area contributed by atoms with E-state index in [1.54, 1.807) is 7.11 Å². The maximum Gasteiger partial charge on any atom is 0.303 e. The molecule has 0 radical (unpaired) electrons. The number of hydrogen-bond donors (Lipinski definition) is 0. The molecule has 6 heteroatoms. The quantitative estimate of drug-likeness (QED) is 0.428.